The van der Waals surface area contributed by atoms with Crippen LogP contribution in [0, 0.1) is 0 Å². The Labute approximate surface area is 114 Å². The minimum Gasteiger partial charge on any atom is -0.545 e. The minimum absolute atomic E-state index is 0. The van der Waals surface area contributed by atoms with Gasteiger partial charge in [-0.25, -0.2) is 0 Å². The maximum Gasteiger partial charge on any atom is 1.00 e. The first-order valence-electron chi connectivity index (χ1n) is 3.54. The van der Waals surface area contributed by atoms with Gasteiger partial charge in [0, 0.05) is 0 Å². The Balaban J connectivity index is 0.00000121. The summed E-state index contributed by atoms with van der Waals surface area (Å²) in [5.74, 6) is -1.11. The molecule has 1 aromatic carbocycles. The number of carbonyl (C=O) groups is 1. The van der Waals surface area contributed by atoms with Crippen LogP contribution in [0.1, 0.15) is 22.8 Å². The summed E-state index contributed by atoms with van der Waals surface area (Å²) in [4.78, 5) is 10.4. The Bertz CT molecular complexity index is 271. The molecule has 1 aromatic rings. The quantitative estimate of drug-likeness (QED) is 0.486. The van der Waals surface area contributed by atoms with E-state index in [4.69, 9.17) is 0 Å². The normalized spacial score (nSPS) is 8.75. The Morgan fingerprint density at radius 2 is 2.17 bits per heavy atom. The van der Waals surface area contributed by atoms with Gasteiger partial charge in [0.2, 0.25) is 0 Å². The van der Waals surface area contributed by atoms with Crippen LogP contribution in [-0.2, 0) is 6.42 Å². The summed E-state index contributed by atoms with van der Waals surface area (Å²) in [6.07, 6.45) is 0.848. The van der Waals surface area contributed by atoms with E-state index >= 15 is 0 Å². The van der Waals surface area contributed by atoms with Crippen molar-refractivity contribution in [2.75, 3.05) is 0 Å². The fourth-order valence-corrected chi connectivity index (χ4v) is 0.918. The van der Waals surface area contributed by atoms with Crippen molar-refractivity contribution < 1.29 is 61.3 Å². The third-order valence-corrected chi connectivity index (χ3v) is 1.57. The Kier molecular flexibility index (Phi) is 6.04. The van der Waals surface area contributed by atoms with Gasteiger partial charge < -0.3 is 9.90 Å². The number of aromatic carboxylic acids is 1. The molecule has 12 heavy (non-hydrogen) atoms. The molecule has 0 aromatic heterocycles. The summed E-state index contributed by atoms with van der Waals surface area (Å²) in [6, 6.07) is 6.79. The molecule has 0 radical (unpaired) electrons. The van der Waals surface area contributed by atoms with Crippen LogP contribution in [0.15, 0.2) is 24.3 Å². The van der Waals surface area contributed by atoms with Gasteiger partial charge in [0.05, 0.1) is 5.97 Å². The molecule has 0 heterocycles. The van der Waals surface area contributed by atoms with Gasteiger partial charge >= 0.3 is 51.4 Å². The summed E-state index contributed by atoms with van der Waals surface area (Å²) in [7, 11) is 0. The number of rotatable bonds is 2. The van der Waals surface area contributed by atoms with E-state index in [1.54, 1.807) is 12.1 Å². The van der Waals surface area contributed by atoms with Gasteiger partial charge in [-0.15, -0.1) is 0 Å². The van der Waals surface area contributed by atoms with Crippen LogP contribution in [0.25, 0.3) is 0 Å². The first kappa shape index (κ1) is 12.3. The van der Waals surface area contributed by atoms with Gasteiger partial charge in [-0.1, -0.05) is 25.1 Å². The van der Waals surface area contributed by atoms with E-state index < -0.39 is 5.97 Å². The maximum atomic E-state index is 10.4. The first-order chi connectivity index (χ1) is 5.24. The second kappa shape index (κ2) is 5.88. The Morgan fingerprint density at radius 3 is 2.67 bits per heavy atom. The van der Waals surface area contributed by atoms with E-state index in [1.807, 2.05) is 13.0 Å². The second-order valence-electron chi connectivity index (χ2n) is 2.34. The van der Waals surface area contributed by atoms with Gasteiger partial charge in [-0.05, 0) is 23.6 Å². The van der Waals surface area contributed by atoms with Crippen LogP contribution < -0.4 is 56.5 Å². The standard InChI is InChI=1S/C9H10O2.K/c1-2-7-4-3-5-8(6-7)9(10)11;/h3-6H,2H2,1H3,(H,10,11);/q;+1/p-1. The number of hydrogen-bond donors (Lipinski definition) is 0. The van der Waals surface area contributed by atoms with E-state index in [0.717, 1.165) is 12.0 Å². The van der Waals surface area contributed by atoms with Gasteiger partial charge in [-0.2, -0.15) is 0 Å². The third kappa shape index (κ3) is 3.37. The van der Waals surface area contributed by atoms with Crippen molar-refractivity contribution in [3.8, 4) is 0 Å². The number of carbonyl (C=O) groups excluding carboxylic acids is 1. The summed E-state index contributed by atoms with van der Waals surface area (Å²) in [5.41, 5.74) is 1.27. The topological polar surface area (TPSA) is 40.1 Å². The van der Waals surface area contributed by atoms with Crippen LogP contribution in [0.3, 0.4) is 0 Å². The van der Waals surface area contributed by atoms with Gasteiger partial charge in [0.1, 0.15) is 0 Å². The molecule has 0 unspecified atom stereocenters. The fraction of sp³-hybridized carbons (Fsp3) is 0.222. The van der Waals surface area contributed by atoms with Gasteiger partial charge in [0.15, 0.2) is 0 Å². The molecule has 0 saturated carbocycles. The van der Waals surface area contributed by atoms with Crippen LogP contribution in [0.5, 0.6) is 0 Å². The molecule has 1 rings (SSSR count). The molecule has 0 fully saturated rings. The smallest absolute Gasteiger partial charge is 0.545 e. The molecule has 0 aliphatic heterocycles. The van der Waals surface area contributed by atoms with Crippen molar-refractivity contribution in [2.24, 2.45) is 0 Å². The molecule has 0 spiro atoms. The molecule has 58 valence electrons. The molecule has 0 aliphatic rings. The Morgan fingerprint density at radius 1 is 1.50 bits per heavy atom. The molecule has 2 nitrogen and oxygen atoms in total. The average molecular weight is 188 g/mol. The van der Waals surface area contributed by atoms with Crippen LogP contribution >= 0.6 is 0 Å². The second-order valence-corrected chi connectivity index (χ2v) is 2.34. The SMILES string of the molecule is CCc1cccc(C(=O)[O-])c1.[K+]. The zero-order chi connectivity index (χ0) is 8.27. The molecular formula is C9H9KO2. The third-order valence-electron chi connectivity index (χ3n) is 1.57. The van der Waals surface area contributed by atoms with Crippen molar-refractivity contribution in [1.29, 1.82) is 0 Å². The first-order valence-corrected chi connectivity index (χ1v) is 3.54. The summed E-state index contributed by atoms with van der Waals surface area (Å²) in [6.45, 7) is 1.98. The van der Waals surface area contributed by atoms with Crippen molar-refractivity contribution in [2.45, 2.75) is 13.3 Å². The molecule has 3 heteroatoms. The number of carboxylic acids is 1. The zero-order valence-corrected chi connectivity index (χ0v) is 10.5. The van der Waals surface area contributed by atoms with E-state index in [0.29, 0.717) is 0 Å². The van der Waals surface area contributed by atoms with Crippen molar-refractivity contribution in [3.05, 3.63) is 35.4 Å². The predicted molar refractivity (Wildman–Crippen MR) is 40.2 cm³/mol. The summed E-state index contributed by atoms with van der Waals surface area (Å²) in [5, 5.41) is 10.4. The molecule has 0 saturated heterocycles. The van der Waals surface area contributed by atoms with Crippen molar-refractivity contribution in [1.82, 2.24) is 0 Å². The minimum atomic E-state index is -1.11. The number of hydrogen-bond acceptors (Lipinski definition) is 2. The average Bonchev–Trinajstić information content (AvgIpc) is 2.05. The number of benzene rings is 1. The molecule has 0 atom stereocenters. The van der Waals surface area contributed by atoms with E-state index in [-0.39, 0.29) is 56.9 Å². The molecule has 0 aliphatic carbocycles. The van der Waals surface area contributed by atoms with E-state index in [9.17, 15) is 9.90 Å². The molecular weight excluding hydrogens is 179 g/mol. The molecule has 0 bridgehead atoms. The van der Waals surface area contributed by atoms with Crippen LogP contribution in [0.2, 0.25) is 0 Å². The van der Waals surface area contributed by atoms with Crippen LogP contribution in [-0.4, -0.2) is 5.97 Å². The number of carboxylic acid groups (broad SMARTS) is 1. The fourth-order valence-electron chi connectivity index (χ4n) is 0.918. The van der Waals surface area contributed by atoms with E-state index in [1.165, 1.54) is 6.07 Å². The monoisotopic (exact) mass is 188 g/mol. The Hall–Kier alpha value is 0.326. The zero-order valence-electron chi connectivity index (χ0n) is 7.33. The molecule has 0 N–H and O–H groups in total. The summed E-state index contributed by atoms with van der Waals surface area (Å²) >= 11 is 0. The summed E-state index contributed by atoms with van der Waals surface area (Å²) < 4.78 is 0. The van der Waals surface area contributed by atoms with E-state index in [2.05, 4.69) is 0 Å². The van der Waals surface area contributed by atoms with Crippen molar-refractivity contribution >= 4 is 5.97 Å². The van der Waals surface area contributed by atoms with Crippen molar-refractivity contribution in [3.63, 3.8) is 0 Å². The van der Waals surface area contributed by atoms with Gasteiger partial charge in [-0.3, -0.25) is 0 Å². The van der Waals surface area contributed by atoms with Crippen LogP contribution in [0.4, 0.5) is 0 Å². The number of aryl methyl sites for hydroxylation is 1. The van der Waals surface area contributed by atoms with Gasteiger partial charge in [0.25, 0.3) is 0 Å². The maximum absolute atomic E-state index is 10.4. The largest absolute Gasteiger partial charge is 1.00 e. The molecule has 0 amide bonds. The predicted octanol–water partition coefficient (Wildman–Crippen LogP) is -2.38.